The molecule has 2 aromatic carbocycles. The van der Waals surface area contributed by atoms with Gasteiger partial charge in [0, 0.05) is 13.0 Å². The number of rotatable bonds is 8. The molecule has 0 aliphatic carbocycles. The first kappa shape index (κ1) is 24.3. The number of amides is 1. The number of nitrogens with zero attached hydrogens (tertiary/aromatic N) is 1. The van der Waals surface area contributed by atoms with E-state index in [1.54, 1.807) is 0 Å². The number of hydrogen-bond donors (Lipinski definition) is 2. The van der Waals surface area contributed by atoms with Gasteiger partial charge in [0.05, 0.1) is 6.07 Å². The molecule has 2 aromatic rings. The van der Waals surface area contributed by atoms with Crippen molar-refractivity contribution in [2.75, 3.05) is 13.1 Å². The van der Waals surface area contributed by atoms with Gasteiger partial charge in [-0.15, -0.1) is 0 Å². The molecule has 0 aromatic heterocycles. The first-order chi connectivity index (χ1) is 15.8. The SMILES string of the molecule is CC(C)(Cc1cccc(CNC(=O)OCc2ccccc2)c1)OC(=O)C1(C#N)CCNCC1. The Morgan fingerprint density at radius 1 is 1.06 bits per heavy atom. The lowest BCUT2D eigenvalue weighted by Gasteiger charge is -2.33. The van der Waals surface area contributed by atoms with Gasteiger partial charge in [0.25, 0.3) is 0 Å². The zero-order valence-electron chi connectivity index (χ0n) is 19.2. The maximum absolute atomic E-state index is 12.8. The van der Waals surface area contributed by atoms with Gasteiger partial charge >= 0.3 is 12.1 Å². The van der Waals surface area contributed by atoms with Crippen LogP contribution in [-0.2, 0) is 33.8 Å². The normalized spacial score (nSPS) is 15.2. The Balaban J connectivity index is 1.52. The van der Waals surface area contributed by atoms with Gasteiger partial charge < -0.3 is 20.1 Å². The molecule has 174 valence electrons. The van der Waals surface area contributed by atoms with E-state index in [4.69, 9.17) is 9.47 Å². The Labute approximate surface area is 195 Å². The van der Waals surface area contributed by atoms with Crippen molar-refractivity contribution in [3.8, 4) is 6.07 Å². The molecule has 1 fully saturated rings. The maximum atomic E-state index is 12.8. The molecule has 0 bridgehead atoms. The average molecular weight is 450 g/mol. The third-order valence-corrected chi connectivity index (χ3v) is 5.70. The second-order valence-corrected chi connectivity index (χ2v) is 9.01. The highest BCUT2D eigenvalue weighted by molar-refractivity contribution is 5.80. The predicted molar refractivity (Wildman–Crippen MR) is 124 cm³/mol. The number of piperidine rings is 1. The molecule has 2 N–H and O–H groups in total. The van der Waals surface area contributed by atoms with Crippen LogP contribution in [0.2, 0.25) is 0 Å². The van der Waals surface area contributed by atoms with Crippen LogP contribution in [0.1, 0.15) is 43.4 Å². The molecular weight excluding hydrogens is 418 g/mol. The fourth-order valence-electron chi connectivity index (χ4n) is 3.89. The Morgan fingerprint density at radius 2 is 1.73 bits per heavy atom. The summed E-state index contributed by atoms with van der Waals surface area (Å²) < 4.78 is 11.1. The topological polar surface area (TPSA) is 100 Å². The van der Waals surface area contributed by atoms with Gasteiger partial charge in [-0.25, -0.2) is 4.79 Å². The molecular formula is C26H31N3O4. The number of benzene rings is 2. The molecule has 1 heterocycles. The minimum atomic E-state index is -1.08. The number of carbonyl (C=O) groups excluding carboxylic acids is 2. The van der Waals surface area contributed by atoms with Crippen molar-refractivity contribution in [2.45, 2.75) is 51.9 Å². The Hall–Kier alpha value is -3.37. The highest BCUT2D eigenvalue weighted by Gasteiger charge is 2.43. The van der Waals surface area contributed by atoms with Crippen LogP contribution in [-0.4, -0.2) is 30.8 Å². The Morgan fingerprint density at radius 3 is 2.42 bits per heavy atom. The predicted octanol–water partition coefficient (Wildman–Crippen LogP) is 3.87. The third-order valence-electron chi connectivity index (χ3n) is 5.70. The zero-order valence-corrected chi connectivity index (χ0v) is 19.2. The minimum absolute atomic E-state index is 0.215. The quantitative estimate of drug-likeness (QED) is 0.594. The summed E-state index contributed by atoms with van der Waals surface area (Å²) in [6.07, 6.45) is 0.923. The van der Waals surface area contributed by atoms with Gasteiger partial charge in [-0.05, 0) is 56.5 Å². The van der Waals surface area contributed by atoms with Crippen molar-refractivity contribution < 1.29 is 19.1 Å². The summed E-state index contributed by atoms with van der Waals surface area (Å²) >= 11 is 0. The van der Waals surface area contributed by atoms with Crippen molar-refractivity contribution >= 4 is 12.1 Å². The number of carbonyl (C=O) groups is 2. The van der Waals surface area contributed by atoms with E-state index in [1.165, 1.54) is 0 Å². The molecule has 7 heteroatoms. The van der Waals surface area contributed by atoms with Crippen LogP contribution in [0.25, 0.3) is 0 Å². The Bertz CT molecular complexity index is 992. The molecule has 0 spiro atoms. The van der Waals surface area contributed by atoms with E-state index in [0.717, 1.165) is 16.7 Å². The van der Waals surface area contributed by atoms with Crippen molar-refractivity contribution in [3.05, 3.63) is 71.3 Å². The van der Waals surface area contributed by atoms with Crippen LogP contribution >= 0.6 is 0 Å². The summed E-state index contributed by atoms with van der Waals surface area (Å²) in [4.78, 5) is 24.8. The number of ether oxygens (including phenoxy) is 2. The monoisotopic (exact) mass is 449 g/mol. The number of esters is 1. The largest absolute Gasteiger partial charge is 0.458 e. The summed E-state index contributed by atoms with van der Waals surface area (Å²) in [5.41, 5.74) is 0.967. The zero-order chi connectivity index (χ0) is 23.7. The first-order valence-corrected chi connectivity index (χ1v) is 11.2. The molecule has 3 rings (SSSR count). The van der Waals surface area contributed by atoms with E-state index < -0.39 is 23.1 Å². The summed E-state index contributed by atoms with van der Waals surface area (Å²) in [5, 5.41) is 15.6. The fourth-order valence-corrected chi connectivity index (χ4v) is 3.89. The van der Waals surface area contributed by atoms with Crippen LogP contribution in [0.5, 0.6) is 0 Å². The number of hydrogen-bond acceptors (Lipinski definition) is 6. The van der Waals surface area contributed by atoms with Gasteiger partial charge in [0.1, 0.15) is 12.2 Å². The standard InChI is InChI=1S/C26H31N3O4/c1-25(2,33-23(30)26(19-27)11-13-28-14-12-26)16-21-9-6-10-22(15-21)17-29-24(31)32-18-20-7-4-3-5-8-20/h3-10,15,28H,11-14,16-18H2,1-2H3,(H,29,31). The smallest absolute Gasteiger partial charge is 0.407 e. The first-order valence-electron chi connectivity index (χ1n) is 11.2. The summed E-state index contributed by atoms with van der Waals surface area (Å²) in [7, 11) is 0. The van der Waals surface area contributed by atoms with Crippen LogP contribution in [0, 0.1) is 16.7 Å². The van der Waals surface area contributed by atoms with E-state index in [-0.39, 0.29) is 6.61 Å². The summed E-state index contributed by atoms with van der Waals surface area (Å²) in [6.45, 7) is 5.50. The van der Waals surface area contributed by atoms with Crippen molar-refractivity contribution in [1.29, 1.82) is 5.26 Å². The lowest BCUT2D eigenvalue weighted by Crippen LogP contribution is -2.45. The van der Waals surface area contributed by atoms with E-state index in [2.05, 4.69) is 16.7 Å². The Kier molecular flexibility index (Phi) is 8.07. The van der Waals surface area contributed by atoms with Gasteiger partial charge in [0.2, 0.25) is 0 Å². The lowest BCUT2D eigenvalue weighted by molar-refractivity contribution is -0.167. The molecule has 0 unspecified atom stereocenters. The summed E-state index contributed by atoms with van der Waals surface area (Å²) in [5.74, 6) is -0.449. The highest BCUT2D eigenvalue weighted by Crippen LogP contribution is 2.32. The number of nitriles is 1. The van der Waals surface area contributed by atoms with E-state index in [1.807, 2.05) is 68.4 Å². The molecule has 1 aliphatic rings. The molecule has 1 saturated heterocycles. The molecule has 1 amide bonds. The molecule has 33 heavy (non-hydrogen) atoms. The number of alkyl carbamates (subject to hydrolysis) is 1. The maximum Gasteiger partial charge on any atom is 0.407 e. The van der Waals surface area contributed by atoms with Crippen LogP contribution in [0.3, 0.4) is 0 Å². The second kappa shape index (κ2) is 11.0. The molecule has 7 nitrogen and oxygen atoms in total. The number of nitrogens with one attached hydrogen (secondary N) is 2. The lowest BCUT2D eigenvalue weighted by atomic mass is 9.80. The van der Waals surface area contributed by atoms with Crippen molar-refractivity contribution in [2.24, 2.45) is 5.41 Å². The fraction of sp³-hybridized carbons (Fsp3) is 0.423. The third kappa shape index (κ3) is 7.06. The van der Waals surface area contributed by atoms with Crippen LogP contribution < -0.4 is 10.6 Å². The van der Waals surface area contributed by atoms with E-state index in [9.17, 15) is 14.9 Å². The van der Waals surface area contributed by atoms with Gasteiger partial charge in [-0.3, -0.25) is 4.79 Å². The van der Waals surface area contributed by atoms with Crippen molar-refractivity contribution in [1.82, 2.24) is 10.6 Å². The van der Waals surface area contributed by atoms with Crippen LogP contribution in [0.4, 0.5) is 4.79 Å². The second-order valence-electron chi connectivity index (χ2n) is 9.01. The molecule has 0 atom stereocenters. The van der Waals surface area contributed by atoms with Crippen molar-refractivity contribution in [3.63, 3.8) is 0 Å². The highest BCUT2D eigenvalue weighted by atomic mass is 16.6. The van der Waals surface area contributed by atoms with Crippen LogP contribution in [0.15, 0.2) is 54.6 Å². The van der Waals surface area contributed by atoms with E-state index in [0.29, 0.717) is 38.9 Å². The molecule has 0 radical (unpaired) electrons. The van der Waals surface area contributed by atoms with Gasteiger partial charge in [0.15, 0.2) is 5.41 Å². The minimum Gasteiger partial charge on any atom is -0.458 e. The average Bonchev–Trinajstić information content (AvgIpc) is 2.82. The van der Waals surface area contributed by atoms with Gasteiger partial charge in [-0.2, -0.15) is 5.26 Å². The molecule has 0 saturated carbocycles. The van der Waals surface area contributed by atoms with E-state index >= 15 is 0 Å². The van der Waals surface area contributed by atoms with Gasteiger partial charge in [-0.1, -0.05) is 54.6 Å². The summed E-state index contributed by atoms with van der Waals surface area (Å²) in [6, 6.07) is 19.4. The molecule has 1 aliphatic heterocycles.